The first kappa shape index (κ1) is 21.5. The predicted molar refractivity (Wildman–Crippen MR) is 112 cm³/mol. The Morgan fingerprint density at radius 3 is 2.56 bits per heavy atom. The second-order valence-corrected chi connectivity index (χ2v) is 7.52. The van der Waals surface area contributed by atoms with Crippen LogP contribution in [0.2, 0.25) is 0 Å². The minimum Gasteiger partial charge on any atom is -0.506 e. The normalized spacial score (nSPS) is 10.7. The summed E-state index contributed by atoms with van der Waals surface area (Å²) in [5, 5.41) is 14.0. The summed E-state index contributed by atoms with van der Waals surface area (Å²) in [6.45, 7) is -0.232. The van der Waals surface area contributed by atoms with Gasteiger partial charge in [0.2, 0.25) is 0 Å². The Morgan fingerprint density at radius 2 is 1.93 bits per heavy atom. The van der Waals surface area contributed by atoms with Gasteiger partial charge in [-0.1, -0.05) is 0 Å². The van der Waals surface area contributed by atoms with E-state index in [0.717, 1.165) is 0 Å². The lowest BCUT2D eigenvalue weighted by molar-refractivity contribution is -0.123. The molecule has 2 rings (SSSR count). The van der Waals surface area contributed by atoms with Gasteiger partial charge in [-0.25, -0.2) is 5.43 Å². The summed E-state index contributed by atoms with van der Waals surface area (Å²) in [7, 11) is 3.05. The fraction of sp³-hybridized carbons (Fsp3) is 0.176. The smallest absolute Gasteiger partial charge is 0.277 e. The van der Waals surface area contributed by atoms with Crippen LogP contribution in [0.1, 0.15) is 5.56 Å². The summed E-state index contributed by atoms with van der Waals surface area (Å²) < 4.78 is 17.3. The third kappa shape index (κ3) is 5.60. The molecule has 0 unspecified atom stereocenters. The van der Waals surface area contributed by atoms with E-state index in [2.05, 4.69) is 58.3 Å². The van der Waals surface area contributed by atoms with Gasteiger partial charge in [0.25, 0.3) is 5.91 Å². The van der Waals surface area contributed by atoms with Crippen molar-refractivity contribution in [3.8, 4) is 23.0 Å². The molecule has 7 nitrogen and oxygen atoms in total. The number of rotatable bonds is 7. The number of amides is 1. The van der Waals surface area contributed by atoms with Gasteiger partial charge in [0.15, 0.2) is 12.4 Å². The molecule has 0 aliphatic heterocycles. The zero-order chi connectivity index (χ0) is 20.0. The molecule has 2 aromatic carbocycles. The summed E-state index contributed by atoms with van der Waals surface area (Å²) in [6.07, 6.45) is 1.31. The first-order chi connectivity index (χ1) is 12.9. The van der Waals surface area contributed by atoms with Gasteiger partial charge in [0, 0.05) is 5.56 Å². The zero-order valence-electron chi connectivity index (χ0n) is 14.3. The van der Waals surface area contributed by atoms with E-state index in [1.165, 1.54) is 13.3 Å². The van der Waals surface area contributed by atoms with Crippen LogP contribution in [0.25, 0.3) is 0 Å². The molecule has 0 radical (unpaired) electrons. The largest absolute Gasteiger partial charge is 0.506 e. The lowest BCUT2D eigenvalue weighted by Crippen LogP contribution is -2.24. The maximum atomic E-state index is 11.9. The van der Waals surface area contributed by atoms with Crippen LogP contribution < -0.4 is 19.6 Å². The first-order valence-corrected chi connectivity index (χ1v) is 9.78. The number of nitrogens with one attached hydrogen (secondary N) is 1. The van der Waals surface area contributed by atoms with Gasteiger partial charge in [0.05, 0.1) is 29.4 Å². The van der Waals surface area contributed by atoms with E-state index in [0.29, 0.717) is 36.2 Å². The molecule has 0 heterocycles. The molecule has 0 atom stereocenters. The number of nitrogens with zero attached hydrogens (tertiary/aromatic N) is 1. The molecule has 2 N–H and O–H groups in total. The van der Waals surface area contributed by atoms with E-state index < -0.39 is 5.91 Å². The van der Waals surface area contributed by atoms with Crippen LogP contribution in [0.3, 0.4) is 0 Å². The number of hydrogen-bond acceptors (Lipinski definition) is 6. The highest BCUT2D eigenvalue weighted by molar-refractivity contribution is 9.11. The number of benzene rings is 2. The Hall–Kier alpha value is -1.78. The van der Waals surface area contributed by atoms with Crippen LogP contribution in [-0.2, 0) is 4.79 Å². The van der Waals surface area contributed by atoms with E-state index >= 15 is 0 Å². The van der Waals surface area contributed by atoms with Gasteiger partial charge < -0.3 is 19.3 Å². The van der Waals surface area contributed by atoms with Crippen molar-refractivity contribution in [2.24, 2.45) is 5.10 Å². The van der Waals surface area contributed by atoms with E-state index in [1.54, 1.807) is 31.4 Å². The van der Waals surface area contributed by atoms with Crippen LogP contribution in [0.4, 0.5) is 0 Å². The lowest BCUT2D eigenvalue weighted by Gasteiger charge is -2.10. The maximum Gasteiger partial charge on any atom is 0.277 e. The number of methoxy groups -OCH3 is 2. The molecule has 0 saturated heterocycles. The second-order valence-electron chi connectivity index (χ2n) is 5.02. The van der Waals surface area contributed by atoms with Crippen molar-refractivity contribution in [2.75, 3.05) is 20.8 Å². The predicted octanol–water partition coefficient (Wildman–Crippen LogP) is 4.23. The van der Waals surface area contributed by atoms with Gasteiger partial charge in [-0.2, -0.15) is 5.10 Å². The third-order valence-electron chi connectivity index (χ3n) is 3.27. The van der Waals surface area contributed by atoms with Crippen molar-refractivity contribution in [1.82, 2.24) is 5.43 Å². The average Bonchev–Trinajstić information content (AvgIpc) is 2.65. The zero-order valence-corrected chi connectivity index (χ0v) is 19.0. The van der Waals surface area contributed by atoms with Crippen molar-refractivity contribution < 1.29 is 24.1 Å². The van der Waals surface area contributed by atoms with Crippen LogP contribution in [0, 0.1) is 0 Å². The number of hydrazone groups is 1. The van der Waals surface area contributed by atoms with Crippen molar-refractivity contribution >= 4 is 59.9 Å². The molecular weight excluding hydrogens is 552 g/mol. The molecule has 0 saturated carbocycles. The molecule has 0 aliphatic rings. The molecule has 2 aromatic rings. The van der Waals surface area contributed by atoms with Gasteiger partial charge in [-0.3, -0.25) is 4.79 Å². The number of halogens is 3. The number of phenolic OH excluding ortho intramolecular Hbond substituents is 1. The molecule has 0 spiro atoms. The van der Waals surface area contributed by atoms with Gasteiger partial charge in [-0.15, -0.1) is 0 Å². The van der Waals surface area contributed by atoms with Crippen molar-refractivity contribution in [3.05, 3.63) is 43.2 Å². The number of carbonyl (C=O) groups excluding carboxylic acids is 1. The highest BCUT2D eigenvalue weighted by Gasteiger charge is 2.14. The Kier molecular flexibility index (Phi) is 7.93. The first-order valence-electron chi connectivity index (χ1n) is 7.40. The number of hydrogen-bond donors (Lipinski definition) is 2. The lowest BCUT2D eigenvalue weighted by atomic mass is 10.2. The van der Waals surface area contributed by atoms with E-state index in [-0.39, 0.29) is 12.4 Å². The van der Waals surface area contributed by atoms with Crippen molar-refractivity contribution in [3.63, 3.8) is 0 Å². The minimum atomic E-state index is -0.458. The Balaban J connectivity index is 1.96. The number of aromatic hydroxyl groups is 1. The van der Waals surface area contributed by atoms with Gasteiger partial charge >= 0.3 is 0 Å². The molecule has 1 amide bonds. The summed E-state index contributed by atoms with van der Waals surface area (Å²) >= 11 is 9.92. The molecule has 0 bridgehead atoms. The Labute approximate surface area is 181 Å². The summed E-state index contributed by atoms with van der Waals surface area (Å²) in [4.78, 5) is 11.9. The fourth-order valence-electron chi connectivity index (χ4n) is 1.97. The van der Waals surface area contributed by atoms with Crippen molar-refractivity contribution in [2.45, 2.75) is 0 Å². The fourth-order valence-corrected chi connectivity index (χ4v) is 3.92. The maximum absolute atomic E-state index is 11.9. The van der Waals surface area contributed by atoms with Gasteiger partial charge in [0.1, 0.15) is 21.7 Å². The highest BCUT2D eigenvalue weighted by atomic mass is 79.9. The molecular formula is C17H15Br3N2O5. The summed E-state index contributed by atoms with van der Waals surface area (Å²) in [5.74, 6) is 1.09. The summed E-state index contributed by atoms with van der Waals surface area (Å²) in [6, 6.07) is 6.75. The Bertz CT molecular complexity index is 874. The molecule has 0 fully saturated rings. The van der Waals surface area contributed by atoms with E-state index in [9.17, 15) is 9.90 Å². The third-order valence-corrected chi connectivity index (χ3v) is 5.22. The quantitative estimate of drug-likeness (QED) is 0.387. The number of ether oxygens (including phenoxy) is 3. The molecule has 0 aromatic heterocycles. The van der Waals surface area contributed by atoms with Crippen LogP contribution in [-0.4, -0.2) is 38.1 Å². The second kappa shape index (κ2) is 9.95. The topological polar surface area (TPSA) is 89.4 Å². The SMILES string of the molecule is COc1ccc(OCC(=O)NN=Cc2cc(Br)c(OC)c(Br)c2O)c(Br)c1. The monoisotopic (exact) mass is 564 g/mol. The van der Waals surface area contributed by atoms with Crippen LogP contribution >= 0.6 is 47.8 Å². The number of carbonyl (C=O) groups is 1. The number of phenols is 1. The van der Waals surface area contributed by atoms with E-state index in [1.807, 2.05) is 0 Å². The molecule has 144 valence electrons. The average molecular weight is 567 g/mol. The molecule has 27 heavy (non-hydrogen) atoms. The summed E-state index contributed by atoms with van der Waals surface area (Å²) in [5.41, 5.74) is 2.71. The van der Waals surface area contributed by atoms with Crippen LogP contribution in [0.15, 0.2) is 42.8 Å². The standard InChI is InChI=1S/C17H15Br3N2O5/c1-25-10-3-4-13(11(18)6-10)27-8-14(23)22-21-7-9-5-12(19)17(26-2)15(20)16(9)24/h3-7,24H,8H2,1-2H3,(H,22,23). The van der Waals surface area contributed by atoms with Gasteiger partial charge in [-0.05, 0) is 72.1 Å². The van der Waals surface area contributed by atoms with Crippen molar-refractivity contribution in [1.29, 1.82) is 0 Å². The van der Waals surface area contributed by atoms with E-state index in [4.69, 9.17) is 14.2 Å². The van der Waals surface area contributed by atoms with Crippen LogP contribution in [0.5, 0.6) is 23.0 Å². The molecule has 10 heteroatoms. The minimum absolute atomic E-state index is 0.0635. The molecule has 0 aliphatic carbocycles. The highest BCUT2D eigenvalue weighted by Crippen LogP contribution is 2.41. The Morgan fingerprint density at radius 1 is 1.19 bits per heavy atom.